The molecule has 0 spiro atoms. The summed E-state index contributed by atoms with van der Waals surface area (Å²) >= 11 is 1.65. The summed E-state index contributed by atoms with van der Waals surface area (Å²) < 4.78 is 6.18. The number of nitrogens with zero attached hydrogens (tertiary/aromatic N) is 2. The number of nitrogens with one attached hydrogen (secondary N) is 2. The number of hydrogen-bond donors (Lipinski definition) is 2. The summed E-state index contributed by atoms with van der Waals surface area (Å²) in [4.78, 5) is 17.0. The first-order valence-electron chi connectivity index (χ1n) is 8.55. The Hall–Kier alpha value is -3.19. The number of aryl methyl sites for hydroxylation is 1. The van der Waals surface area contributed by atoms with Crippen LogP contribution in [-0.2, 0) is 4.79 Å². The number of rotatable bonds is 5. The van der Waals surface area contributed by atoms with Crippen LogP contribution < -0.4 is 10.6 Å². The van der Waals surface area contributed by atoms with Gasteiger partial charge in [0.25, 0.3) is 0 Å². The zero-order chi connectivity index (χ0) is 18.8. The van der Waals surface area contributed by atoms with Gasteiger partial charge < -0.3 is 9.84 Å². The van der Waals surface area contributed by atoms with E-state index in [2.05, 4.69) is 26.8 Å². The maximum absolute atomic E-state index is 12.3. The topological polar surface area (TPSA) is 80.0 Å². The number of amides is 1. The number of hydrogen-bond acceptors (Lipinski definition) is 6. The van der Waals surface area contributed by atoms with Crippen molar-refractivity contribution in [3.63, 3.8) is 0 Å². The molecular weight excluding hydrogens is 360 g/mol. The first-order valence-corrected chi connectivity index (χ1v) is 9.37. The largest absolute Gasteiger partial charge is 0.374 e. The summed E-state index contributed by atoms with van der Waals surface area (Å²) in [7, 11) is 0. The average molecular weight is 378 g/mol. The van der Waals surface area contributed by atoms with Gasteiger partial charge in [0, 0.05) is 17.3 Å². The molecule has 0 aliphatic rings. The third-order valence-corrected chi connectivity index (χ3v) is 5.14. The molecule has 4 rings (SSSR count). The molecule has 6 nitrogen and oxygen atoms in total. The molecule has 2 aromatic carbocycles. The summed E-state index contributed by atoms with van der Waals surface area (Å²) in [6.07, 6.45) is 0. The number of fused-ring (bicyclic) bond motifs is 1. The fraction of sp³-hybridized carbons (Fsp3) is 0.150. The van der Waals surface area contributed by atoms with Gasteiger partial charge in [-0.2, -0.15) is 0 Å². The van der Waals surface area contributed by atoms with Crippen molar-refractivity contribution in [2.75, 3.05) is 10.6 Å². The smallest absolute Gasteiger partial charge is 0.248 e. The summed E-state index contributed by atoms with van der Waals surface area (Å²) in [5.74, 6) is 0.144. The van der Waals surface area contributed by atoms with Crippen molar-refractivity contribution in [2.45, 2.75) is 19.9 Å². The zero-order valence-corrected chi connectivity index (χ0v) is 15.7. The van der Waals surface area contributed by atoms with Crippen molar-refractivity contribution in [2.24, 2.45) is 0 Å². The molecule has 2 aromatic heterocycles. The second-order valence-corrected chi connectivity index (χ2v) is 7.29. The number of benzene rings is 2. The molecule has 1 atom stereocenters. The van der Waals surface area contributed by atoms with Crippen LogP contribution in [0.2, 0.25) is 0 Å². The van der Waals surface area contributed by atoms with Gasteiger partial charge in [0.15, 0.2) is 0 Å². The van der Waals surface area contributed by atoms with Crippen molar-refractivity contribution in [3.05, 3.63) is 60.3 Å². The molecule has 2 heterocycles. The van der Waals surface area contributed by atoms with Gasteiger partial charge in [0.2, 0.25) is 11.8 Å². The highest BCUT2D eigenvalue weighted by Crippen LogP contribution is 2.31. The number of para-hydroxylation sites is 1. The highest BCUT2D eigenvalue weighted by Gasteiger charge is 2.15. The predicted molar refractivity (Wildman–Crippen MR) is 108 cm³/mol. The predicted octanol–water partition coefficient (Wildman–Crippen LogP) is 4.70. The summed E-state index contributed by atoms with van der Waals surface area (Å²) in [6, 6.07) is 17.2. The lowest BCUT2D eigenvalue weighted by atomic mass is 10.2. The van der Waals surface area contributed by atoms with E-state index in [1.165, 1.54) is 0 Å². The molecule has 7 heteroatoms. The highest BCUT2D eigenvalue weighted by molar-refractivity contribution is 7.21. The maximum Gasteiger partial charge on any atom is 0.248 e. The van der Waals surface area contributed by atoms with Crippen LogP contribution in [0.3, 0.4) is 0 Å². The van der Waals surface area contributed by atoms with E-state index in [0.29, 0.717) is 5.88 Å². The van der Waals surface area contributed by atoms with Crippen molar-refractivity contribution < 1.29 is 9.32 Å². The first kappa shape index (κ1) is 17.2. The van der Waals surface area contributed by atoms with Crippen LogP contribution in [0.25, 0.3) is 20.8 Å². The van der Waals surface area contributed by atoms with Gasteiger partial charge in [-0.05, 0) is 38.1 Å². The van der Waals surface area contributed by atoms with Crippen LogP contribution in [0.15, 0.2) is 59.1 Å². The monoisotopic (exact) mass is 378 g/mol. The fourth-order valence-corrected chi connectivity index (χ4v) is 3.67. The average Bonchev–Trinajstić information content (AvgIpc) is 3.27. The molecule has 0 aliphatic heterocycles. The Morgan fingerprint density at radius 3 is 2.78 bits per heavy atom. The Bertz CT molecular complexity index is 1070. The number of carbonyl (C=O) groups excluding carboxylic acids is 1. The second kappa shape index (κ2) is 7.20. The molecule has 0 aliphatic carbocycles. The molecule has 27 heavy (non-hydrogen) atoms. The van der Waals surface area contributed by atoms with E-state index in [1.54, 1.807) is 31.3 Å². The molecule has 4 aromatic rings. The van der Waals surface area contributed by atoms with Crippen LogP contribution in [-0.4, -0.2) is 22.1 Å². The highest BCUT2D eigenvalue weighted by atomic mass is 32.1. The normalized spacial score (nSPS) is 12.1. The molecule has 0 saturated heterocycles. The van der Waals surface area contributed by atoms with Crippen LogP contribution in [0.4, 0.5) is 11.6 Å². The lowest BCUT2D eigenvalue weighted by molar-refractivity contribution is -0.116. The molecule has 1 unspecified atom stereocenters. The Balaban J connectivity index is 1.49. The molecule has 136 valence electrons. The Labute approximate surface area is 160 Å². The molecular formula is C20H18N4O2S. The maximum atomic E-state index is 12.3. The van der Waals surface area contributed by atoms with E-state index in [1.807, 2.05) is 42.5 Å². The van der Waals surface area contributed by atoms with Crippen LogP contribution in [0.1, 0.15) is 12.6 Å². The molecule has 0 fully saturated rings. The quantitative estimate of drug-likeness (QED) is 0.526. The number of carbonyl (C=O) groups is 1. The Morgan fingerprint density at radius 1 is 1.15 bits per heavy atom. The minimum Gasteiger partial charge on any atom is -0.374 e. The summed E-state index contributed by atoms with van der Waals surface area (Å²) in [6.45, 7) is 3.59. The van der Waals surface area contributed by atoms with Gasteiger partial charge in [-0.25, -0.2) is 4.98 Å². The number of anilines is 2. The van der Waals surface area contributed by atoms with E-state index in [0.717, 1.165) is 32.2 Å². The van der Waals surface area contributed by atoms with Gasteiger partial charge in [-0.1, -0.05) is 29.4 Å². The minimum absolute atomic E-state index is 0.198. The van der Waals surface area contributed by atoms with Crippen molar-refractivity contribution >= 4 is 39.0 Å². The third-order valence-electron chi connectivity index (χ3n) is 4.05. The van der Waals surface area contributed by atoms with Gasteiger partial charge in [-0.3, -0.25) is 10.1 Å². The van der Waals surface area contributed by atoms with Gasteiger partial charge in [0.05, 0.1) is 15.9 Å². The standard InChI is InChI=1S/C20H18N4O2S/c1-12-10-18(26-24-12)23-19(25)13(2)21-15-7-5-6-14(11-15)20-22-16-8-3-4-9-17(16)27-20/h3-11,13,21H,1-2H3,(H,23,25). The molecule has 0 radical (unpaired) electrons. The summed E-state index contributed by atoms with van der Waals surface area (Å²) in [5.41, 5.74) is 3.57. The molecule has 0 bridgehead atoms. The van der Waals surface area contributed by atoms with Crippen LogP contribution in [0, 0.1) is 6.92 Å². The van der Waals surface area contributed by atoms with Crippen molar-refractivity contribution in [1.29, 1.82) is 0 Å². The van der Waals surface area contributed by atoms with E-state index < -0.39 is 6.04 Å². The lowest BCUT2D eigenvalue weighted by Gasteiger charge is -2.14. The van der Waals surface area contributed by atoms with E-state index >= 15 is 0 Å². The van der Waals surface area contributed by atoms with Crippen LogP contribution in [0.5, 0.6) is 0 Å². The third kappa shape index (κ3) is 3.83. The number of thiazole rings is 1. The van der Waals surface area contributed by atoms with Gasteiger partial charge in [0.1, 0.15) is 11.0 Å². The number of aromatic nitrogens is 2. The molecule has 0 saturated carbocycles. The molecule has 2 N–H and O–H groups in total. The van der Waals surface area contributed by atoms with Crippen LogP contribution >= 0.6 is 11.3 Å². The minimum atomic E-state index is -0.443. The second-order valence-electron chi connectivity index (χ2n) is 6.26. The Morgan fingerprint density at radius 2 is 2.00 bits per heavy atom. The van der Waals surface area contributed by atoms with Gasteiger partial charge >= 0.3 is 0 Å². The van der Waals surface area contributed by atoms with E-state index in [4.69, 9.17) is 4.52 Å². The van der Waals surface area contributed by atoms with Crippen molar-refractivity contribution in [1.82, 2.24) is 10.1 Å². The lowest BCUT2D eigenvalue weighted by Crippen LogP contribution is -2.31. The Kier molecular flexibility index (Phi) is 4.60. The molecule has 1 amide bonds. The van der Waals surface area contributed by atoms with Gasteiger partial charge in [-0.15, -0.1) is 11.3 Å². The fourth-order valence-electron chi connectivity index (χ4n) is 2.71. The van der Waals surface area contributed by atoms with E-state index in [9.17, 15) is 4.79 Å². The summed E-state index contributed by atoms with van der Waals surface area (Å²) in [5, 5.41) is 10.6. The van der Waals surface area contributed by atoms with Crippen molar-refractivity contribution in [3.8, 4) is 10.6 Å². The van der Waals surface area contributed by atoms with E-state index in [-0.39, 0.29) is 5.91 Å². The SMILES string of the molecule is Cc1cc(NC(=O)C(C)Nc2cccc(-c3nc4ccccc4s3)c2)on1. The zero-order valence-electron chi connectivity index (χ0n) is 14.9. The first-order chi connectivity index (χ1) is 13.1.